The van der Waals surface area contributed by atoms with Gasteiger partial charge in [-0.15, -0.1) is 0 Å². The second-order valence-corrected chi connectivity index (χ2v) is 7.17. The van der Waals surface area contributed by atoms with E-state index in [1.165, 1.54) is 0 Å². The molecule has 0 aliphatic heterocycles. The van der Waals surface area contributed by atoms with Gasteiger partial charge >= 0.3 is 0 Å². The summed E-state index contributed by atoms with van der Waals surface area (Å²) in [6.45, 7) is 12.3. The van der Waals surface area contributed by atoms with E-state index in [0.29, 0.717) is 11.3 Å². The fourth-order valence-corrected chi connectivity index (χ4v) is 3.24. The third-order valence-corrected chi connectivity index (χ3v) is 4.74. The van der Waals surface area contributed by atoms with Gasteiger partial charge in [-0.25, -0.2) is 0 Å². The highest BCUT2D eigenvalue weighted by Gasteiger charge is 2.35. The van der Waals surface area contributed by atoms with Crippen LogP contribution in [0.3, 0.4) is 0 Å². The predicted molar refractivity (Wildman–Crippen MR) is 80.1 cm³/mol. The van der Waals surface area contributed by atoms with E-state index >= 15 is 0 Å². The molecule has 19 heavy (non-hydrogen) atoms. The molecule has 0 amide bonds. The van der Waals surface area contributed by atoms with E-state index in [9.17, 15) is 5.11 Å². The Morgan fingerprint density at radius 1 is 1.21 bits per heavy atom. The highest BCUT2D eigenvalue weighted by Crippen LogP contribution is 2.40. The van der Waals surface area contributed by atoms with Crippen molar-refractivity contribution in [3.8, 4) is 0 Å². The largest absolute Gasteiger partial charge is 0.396 e. The van der Waals surface area contributed by atoms with Gasteiger partial charge in [-0.1, -0.05) is 27.7 Å². The third kappa shape index (κ3) is 5.41. The Labute approximate surface area is 119 Å². The number of rotatable bonds is 6. The molecule has 0 aromatic carbocycles. The molecule has 1 fully saturated rings. The lowest BCUT2D eigenvalue weighted by Gasteiger charge is -2.41. The quantitative estimate of drug-likeness (QED) is 0.780. The molecule has 0 bridgehead atoms. The monoisotopic (exact) mass is 271 g/mol. The molecular formula is C16H33NO2. The SMILES string of the molecule is CCN(CCCO)CC1CC(C(C)(C)C)CCC1O. The van der Waals surface area contributed by atoms with Gasteiger partial charge in [0.25, 0.3) is 0 Å². The zero-order valence-electron chi connectivity index (χ0n) is 13.2. The zero-order valence-corrected chi connectivity index (χ0v) is 13.2. The van der Waals surface area contributed by atoms with Gasteiger partial charge in [0.05, 0.1) is 6.10 Å². The van der Waals surface area contributed by atoms with Gasteiger partial charge in [-0.3, -0.25) is 0 Å². The van der Waals surface area contributed by atoms with Crippen LogP contribution in [0, 0.1) is 17.3 Å². The Morgan fingerprint density at radius 2 is 1.89 bits per heavy atom. The molecular weight excluding hydrogens is 238 g/mol. The minimum Gasteiger partial charge on any atom is -0.396 e. The van der Waals surface area contributed by atoms with Crippen LogP contribution in [0.15, 0.2) is 0 Å². The Kier molecular flexibility index (Phi) is 6.78. The van der Waals surface area contributed by atoms with Crippen molar-refractivity contribution in [2.75, 3.05) is 26.2 Å². The topological polar surface area (TPSA) is 43.7 Å². The van der Waals surface area contributed by atoms with Crippen LogP contribution in [-0.2, 0) is 0 Å². The molecule has 0 saturated heterocycles. The molecule has 0 aromatic rings. The van der Waals surface area contributed by atoms with E-state index in [1.807, 2.05) is 0 Å². The van der Waals surface area contributed by atoms with Crippen LogP contribution in [0.4, 0.5) is 0 Å². The molecule has 0 aromatic heterocycles. The normalized spacial score (nSPS) is 28.9. The molecule has 3 nitrogen and oxygen atoms in total. The molecule has 0 heterocycles. The van der Waals surface area contributed by atoms with Gasteiger partial charge in [0.1, 0.15) is 0 Å². The molecule has 3 heteroatoms. The molecule has 0 spiro atoms. The van der Waals surface area contributed by atoms with Gasteiger partial charge in [0.15, 0.2) is 0 Å². The van der Waals surface area contributed by atoms with Crippen molar-refractivity contribution in [2.24, 2.45) is 17.3 Å². The van der Waals surface area contributed by atoms with Gasteiger partial charge in [-0.2, -0.15) is 0 Å². The highest BCUT2D eigenvalue weighted by molar-refractivity contribution is 4.86. The summed E-state index contributed by atoms with van der Waals surface area (Å²) >= 11 is 0. The minimum atomic E-state index is -0.137. The number of nitrogens with zero attached hydrogens (tertiary/aromatic N) is 1. The number of aliphatic hydroxyl groups excluding tert-OH is 2. The van der Waals surface area contributed by atoms with Gasteiger partial charge < -0.3 is 15.1 Å². The molecule has 1 saturated carbocycles. The van der Waals surface area contributed by atoms with Crippen LogP contribution in [-0.4, -0.2) is 47.5 Å². The van der Waals surface area contributed by atoms with Crippen LogP contribution in [0.5, 0.6) is 0 Å². The summed E-state index contributed by atoms with van der Waals surface area (Å²) < 4.78 is 0. The number of hydrogen-bond acceptors (Lipinski definition) is 3. The van der Waals surface area contributed by atoms with Crippen molar-refractivity contribution in [1.82, 2.24) is 4.90 Å². The predicted octanol–water partition coefficient (Wildman–Crippen LogP) is 2.51. The maximum Gasteiger partial charge on any atom is 0.0580 e. The fraction of sp³-hybridized carbons (Fsp3) is 1.00. The van der Waals surface area contributed by atoms with Crippen molar-refractivity contribution in [1.29, 1.82) is 0 Å². The Hall–Kier alpha value is -0.120. The van der Waals surface area contributed by atoms with Gasteiger partial charge in [0, 0.05) is 19.7 Å². The summed E-state index contributed by atoms with van der Waals surface area (Å²) in [4.78, 5) is 2.37. The average molecular weight is 271 g/mol. The average Bonchev–Trinajstić information content (AvgIpc) is 2.35. The first-order valence-electron chi connectivity index (χ1n) is 7.89. The van der Waals surface area contributed by atoms with E-state index < -0.39 is 0 Å². The molecule has 114 valence electrons. The molecule has 2 N–H and O–H groups in total. The maximum absolute atomic E-state index is 10.2. The molecule has 3 unspecified atom stereocenters. The molecule has 1 aliphatic carbocycles. The van der Waals surface area contributed by atoms with Crippen LogP contribution < -0.4 is 0 Å². The van der Waals surface area contributed by atoms with Crippen molar-refractivity contribution >= 4 is 0 Å². The van der Waals surface area contributed by atoms with E-state index in [4.69, 9.17) is 5.11 Å². The van der Waals surface area contributed by atoms with E-state index in [0.717, 1.165) is 51.2 Å². The summed E-state index contributed by atoms with van der Waals surface area (Å²) in [5.41, 5.74) is 0.348. The van der Waals surface area contributed by atoms with Gasteiger partial charge in [0.2, 0.25) is 0 Å². The Bertz CT molecular complexity index is 250. The zero-order chi connectivity index (χ0) is 14.5. The van der Waals surface area contributed by atoms with E-state index in [1.54, 1.807) is 0 Å². The highest BCUT2D eigenvalue weighted by atomic mass is 16.3. The fourth-order valence-electron chi connectivity index (χ4n) is 3.24. The first kappa shape index (κ1) is 16.9. The van der Waals surface area contributed by atoms with Gasteiger partial charge in [-0.05, 0) is 49.5 Å². The smallest absolute Gasteiger partial charge is 0.0580 e. The Morgan fingerprint density at radius 3 is 2.42 bits per heavy atom. The standard InChI is InChI=1S/C16H33NO2/c1-5-17(9-6-10-18)12-13-11-14(16(2,3)4)7-8-15(13)19/h13-15,18-19H,5-12H2,1-4H3. The second kappa shape index (κ2) is 7.61. The van der Waals surface area contributed by atoms with Crippen LogP contribution >= 0.6 is 0 Å². The molecule has 3 atom stereocenters. The summed E-state index contributed by atoms with van der Waals surface area (Å²) in [6, 6.07) is 0. The van der Waals surface area contributed by atoms with Crippen molar-refractivity contribution in [3.63, 3.8) is 0 Å². The van der Waals surface area contributed by atoms with Crippen molar-refractivity contribution in [2.45, 2.75) is 59.5 Å². The third-order valence-electron chi connectivity index (χ3n) is 4.74. The van der Waals surface area contributed by atoms with Crippen molar-refractivity contribution in [3.05, 3.63) is 0 Å². The number of hydrogen-bond donors (Lipinski definition) is 2. The molecule has 1 aliphatic rings. The minimum absolute atomic E-state index is 0.137. The Balaban J connectivity index is 2.53. The lowest BCUT2D eigenvalue weighted by Crippen LogP contribution is -2.41. The lowest BCUT2D eigenvalue weighted by molar-refractivity contribution is 0.00334. The maximum atomic E-state index is 10.2. The van der Waals surface area contributed by atoms with Crippen molar-refractivity contribution < 1.29 is 10.2 Å². The van der Waals surface area contributed by atoms with Crippen LogP contribution in [0.25, 0.3) is 0 Å². The van der Waals surface area contributed by atoms with E-state index in [2.05, 4.69) is 32.6 Å². The number of aliphatic hydroxyl groups is 2. The van der Waals surface area contributed by atoms with E-state index in [-0.39, 0.29) is 12.7 Å². The molecule has 1 rings (SSSR count). The summed E-state index contributed by atoms with van der Waals surface area (Å²) in [6.07, 6.45) is 3.94. The lowest BCUT2D eigenvalue weighted by atomic mass is 9.68. The van der Waals surface area contributed by atoms with Crippen LogP contribution in [0.2, 0.25) is 0 Å². The first-order valence-corrected chi connectivity index (χ1v) is 7.89. The second-order valence-electron chi connectivity index (χ2n) is 7.17. The summed E-state index contributed by atoms with van der Waals surface area (Å²) in [5.74, 6) is 1.12. The van der Waals surface area contributed by atoms with Crippen LogP contribution in [0.1, 0.15) is 53.4 Å². The first-order chi connectivity index (χ1) is 8.88. The summed E-state index contributed by atoms with van der Waals surface area (Å²) in [7, 11) is 0. The molecule has 0 radical (unpaired) electrons. The summed E-state index contributed by atoms with van der Waals surface area (Å²) in [5, 5.41) is 19.2.